The number of sulfonamides is 1. The third kappa shape index (κ3) is 3.90. The van der Waals surface area contributed by atoms with Crippen molar-refractivity contribution in [2.45, 2.75) is 31.6 Å². The van der Waals surface area contributed by atoms with Crippen molar-refractivity contribution in [1.82, 2.24) is 9.88 Å². The van der Waals surface area contributed by atoms with Crippen molar-refractivity contribution < 1.29 is 13.2 Å². The van der Waals surface area contributed by atoms with E-state index in [4.69, 9.17) is 0 Å². The van der Waals surface area contributed by atoms with Crippen molar-refractivity contribution >= 4 is 32.5 Å². The Morgan fingerprint density at radius 3 is 2.50 bits per heavy atom. The van der Waals surface area contributed by atoms with Crippen LogP contribution in [0.4, 0.5) is 5.69 Å². The second kappa shape index (κ2) is 8.43. The Hall–Kier alpha value is -3.13. The lowest BCUT2D eigenvalue weighted by atomic mass is 9.98. The van der Waals surface area contributed by atoms with Crippen LogP contribution in [0.3, 0.4) is 0 Å². The number of nitrogens with zero attached hydrogens (tertiary/aromatic N) is 2. The van der Waals surface area contributed by atoms with E-state index in [0.717, 1.165) is 18.4 Å². The molecule has 1 aromatic heterocycles. The third-order valence-corrected chi connectivity index (χ3v) is 8.03. The van der Waals surface area contributed by atoms with E-state index >= 15 is 0 Å². The third-order valence-electron chi connectivity index (χ3n) is 6.27. The zero-order valence-electron chi connectivity index (χ0n) is 18.5. The number of nitrogens with one attached hydrogen (secondary N) is 1. The molecule has 32 heavy (non-hydrogen) atoms. The molecule has 4 rings (SSSR count). The normalized spacial score (nSPS) is 15.2. The highest BCUT2D eigenvalue weighted by molar-refractivity contribution is 7.92. The summed E-state index contributed by atoms with van der Waals surface area (Å²) in [6.45, 7) is 5.23. The molecule has 7 nitrogen and oxygen atoms in total. The number of rotatable bonds is 4. The molecule has 3 aromatic rings. The summed E-state index contributed by atoms with van der Waals surface area (Å²) in [5.41, 5.74) is 1.44. The van der Waals surface area contributed by atoms with Crippen LogP contribution < -0.4 is 9.73 Å². The number of pyridine rings is 1. The van der Waals surface area contributed by atoms with Gasteiger partial charge in [0.15, 0.2) is 0 Å². The number of anilines is 1. The van der Waals surface area contributed by atoms with Gasteiger partial charge in [-0.1, -0.05) is 25.1 Å². The van der Waals surface area contributed by atoms with Crippen LogP contribution in [0.5, 0.6) is 0 Å². The standard InChI is InChI=1S/C24H27N3O4S/c1-16-10-12-27(13-11-16)24(29)20-15-25-21-9-8-18(14-19(21)23(20)28)32(30,31)26(3)22-7-5-4-6-17(22)2/h4-9,14-16H,10-13H2,1-3H3,(H,25,28). The molecule has 1 aliphatic rings. The van der Waals surface area contributed by atoms with E-state index in [0.29, 0.717) is 30.2 Å². The molecule has 0 spiro atoms. The highest BCUT2D eigenvalue weighted by atomic mass is 32.2. The SMILES string of the molecule is Cc1ccccc1N(C)S(=O)(=O)c1ccc2[nH]cc(C(=O)N3CCC(C)CC3)c(=O)c2c1. The quantitative estimate of drug-likeness (QED) is 0.654. The predicted octanol–water partition coefficient (Wildman–Crippen LogP) is 3.53. The van der Waals surface area contributed by atoms with Crippen LogP contribution in [-0.4, -0.2) is 44.3 Å². The minimum atomic E-state index is -3.90. The first kappa shape index (κ1) is 22.1. The number of aromatic nitrogens is 1. The number of amides is 1. The Bertz CT molecular complexity index is 1340. The Kier molecular flexibility index (Phi) is 5.81. The lowest BCUT2D eigenvalue weighted by Gasteiger charge is -2.30. The summed E-state index contributed by atoms with van der Waals surface area (Å²) >= 11 is 0. The summed E-state index contributed by atoms with van der Waals surface area (Å²) in [6.07, 6.45) is 3.24. The van der Waals surface area contributed by atoms with Crippen molar-refractivity contribution in [1.29, 1.82) is 0 Å². The van der Waals surface area contributed by atoms with Crippen molar-refractivity contribution in [3.63, 3.8) is 0 Å². The van der Waals surface area contributed by atoms with Gasteiger partial charge in [0.2, 0.25) is 5.43 Å². The lowest BCUT2D eigenvalue weighted by molar-refractivity contribution is 0.0696. The van der Waals surface area contributed by atoms with Crippen molar-refractivity contribution in [3.8, 4) is 0 Å². The minimum Gasteiger partial charge on any atom is -0.360 e. The summed E-state index contributed by atoms with van der Waals surface area (Å²) in [6, 6.07) is 11.6. The van der Waals surface area contributed by atoms with Crippen LogP contribution in [0.2, 0.25) is 0 Å². The molecule has 2 heterocycles. The molecule has 168 valence electrons. The summed E-state index contributed by atoms with van der Waals surface area (Å²) < 4.78 is 27.8. The van der Waals surface area contributed by atoms with E-state index in [1.807, 2.05) is 19.1 Å². The van der Waals surface area contributed by atoms with Crippen LogP contribution in [0.15, 0.2) is 58.4 Å². The highest BCUT2D eigenvalue weighted by Gasteiger charge is 2.26. The first-order chi connectivity index (χ1) is 15.2. The molecule has 1 saturated heterocycles. The fourth-order valence-electron chi connectivity index (χ4n) is 4.10. The maximum absolute atomic E-state index is 13.3. The van der Waals surface area contributed by atoms with Gasteiger partial charge in [-0.2, -0.15) is 0 Å². The number of aryl methyl sites for hydroxylation is 1. The zero-order valence-corrected chi connectivity index (χ0v) is 19.3. The average Bonchev–Trinajstić information content (AvgIpc) is 2.79. The lowest BCUT2D eigenvalue weighted by Crippen LogP contribution is -2.40. The number of para-hydroxylation sites is 1. The molecule has 2 aromatic carbocycles. The van der Waals surface area contributed by atoms with Gasteiger partial charge in [0.1, 0.15) is 5.56 Å². The molecule has 0 bridgehead atoms. The number of benzene rings is 2. The van der Waals surface area contributed by atoms with Crippen LogP contribution in [0, 0.1) is 12.8 Å². The minimum absolute atomic E-state index is 0.00218. The van der Waals surface area contributed by atoms with Gasteiger partial charge < -0.3 is 9.88 Å². The van der Waals surface area contributed by atoms with Gasteiger partial charge in [-0.15, -0.1) is 0 Å². The molecular weight excluding hydrogens is 426 g/mol. The fraction of sp³-hybridized carbons (Fsp3) is 0.333. The fourth-order valence-corrected chi connectivity index (χ4v) is 5.39. The topological polar surface area (TPSA) is 90.6 Å². The number of H-pyrrole nitrogens is 1. The van der Waals surface area contributed by atoms with Crippen LogP contribution in [0.25, 0.3) is 10.9 Å². The van der Waals surface area contributed by atoms with Crippen molar-refractivity contribution in [2.75, 3.05) is 24.4 Å². The first-order valence-corrected chi connectivity index (χ1v) is 12.1. The predicted molar refractivity (Wildman–Crippen MR) is 126 cm³/mol. The van der Waals surface area contributed by atoms with Gasteiger partial charge in [-0.25, -0.2) is 8.42 Å². The molecule has 0 radical (unpaired) electrons. The van der Waals surface area contributed by atoms with Gasteiger partial charge in [-0.3, -0.25) is 13.9 Å². The average molecular weight is 454 g/mol. The molecule has 0 aliphatic carbocycles. The van der Waals surface area contributed by atoms with E-state index < -0.39 is 15.5 Å². The number of aromatic amines is 1. The number of fused-ring (bicyclic) bond motifs is 1. The second-order valence-electron chi connectivity index (χ2n) is 8.47. The number of piperidine rings is 1. The molecule has 1 N–H and O–H groups in total. The Labute approximate surface area is 187 Å². The molecule has 0 unspecified atom stereocenters. The molecule has 8 heteroatoms. The number of carbonyl (C=O) groups is 1. The first-order valence-electron chi connectivity index (χ1n) is 10.7. The molecule has 0 saturated carbocycles. The van der Waals surface area contributed by atoms with E-state index in [1.54, 1.807) is 23.1 Å². The molecule has 1 aliphatic heterocycles. The van der Waals surface area contributed by atoms with E-state index in [-0.39, 0.29) is 21.8 Å². The zero-order chi connectivity index (χ0) is 23.0. The van der Waals surface area contributed by atoms with Gasteiger partial charge >= 0.3 is 0 Å². The van der Waals surface area contributed by atoms with Crippen LogP contribution in [0.1, 0.15) is 35.7 Å². The summed E-state index contributed by atoms with van der Waals surface area (Å²) in [5, 5.41) is 0.181. The van der Waals surface area contributed by atoms with E-state index in [2.05, 4.69) is 11.9 Å². The number of carbonyl (C=O) groups excluding carboxylic acids is 1. The van der Waals surface area contributed by atoms with E-state index in [1.165, 1.54) is 29.7 Å². The Morgan fingerprint density at radius 1 is 1.12 bits per heavy atom. The smallest absolute Gasteiger partial charge is 0.264 e. The summed E-state index contributed by atoms with van der Waals surface area (Å²) in [5.74, 6) is 0.247. The molecular formula is C24H27N3O4S. The maximum Gasteiger partial charge on any atom is 0.264 e. The van der Waals surface area contributed by atoms with E-state index in [9.17, 15) is 18.0 Å². The largest absolute Gasteiger partial charge is 0.360 e. The summed E-state index contributed by atoms with van der Waals surface area (Å²) in [7, 11) is -2.41. The van der Waals surface area contributed by atoms with Gasteiger partial charge in [0.05, 0.1) is 10.6 Å². The molecule has 1 fully saturated rings. The number of likely N-dealkylation sites (tertiary alicyclic amines) is 1. The molecule has 1 amide bonds. The van der Waals surface area contributed by atoms with Crippen molar-refractivity contribution in [2.24, 2.45) is 5.92 Å². The second-order valence-corrected chi connectivity index (χ2v) is 10.4. The maximum atomic E-state index is 13.3. The number of hydrogen-bond acceptors (Lipinski definition) is 4. The van der Waals surface area contributed by atoms with Crippen LogP contribution >= 0.6 is 0 Å². The monoisotopic (exact) mass is 453 g/mol. The number of hydrogen-bond donors (Lipinski definition) is 1. The van der Waals surface area contributed by atoms with Crippen LogP contribution in [-0.2, 0) is 10.0 Å². The molecule has 0 atom stereocenters. The van der Waals surface area contributed by atoms with Crippen molar-refractivity contribution in [3.05, 3.63) is 70.0 Å². The van der Waals surface area contributed by atoms with Gasteiger partial charge in [-0.05, 0) is 55.5 Å². The highest BCUT2D eigenvalue weighted by Crippen LogP contribution is 2.26. The Balaban J connectivity index is 1.74. The van der Waals surface area contributed by atoms with Gasteiger partial charge in [0, 0.05) is 37.2 Å². The summed E-state index contributed by atoms with van der Waals surface area (Å²) in [4.78, 5) is 30.8. The van der Waals surface area contributed by atoms with Gasteiger partial charge in [0.25, 0.3) is 15.9 Å². The Morgan fingerprint density at radius 2 is 1.81 bits per heavy atom.